The van der Waals surface area contributed by atoms with Gasteiger partial charge in [-0.25, -0.2) is 13.2 Å². The number of amides is 1. The van der Waals surface area contributed by atoms with Crippen LogP contribution in [0.2, 0.25) is 0 Å². The molecule has 0 bridgehead atoms. The van der Waals surface area contributed by atoms with E-state index in [0.717, 1.165) is 11.1 Å². The van der Waals surface area contributed by atoms with Gasteiger partial charge in [0.25, 0.3) is 0 Å². The zero-order valence-electron chi connectivity index (χ0n) is 21.0. The molecule has 2 atom stereocenters. The molecule has 188 valence electrons. The van der Waals surface area contributed by atoms with Crippen molar-refractivity contribution in [2.45, 2.75) is 70.6 Å². The molecule has 2 N–H and O–H groups in total. The lowest BCUT2D eigenvalue weighted by atomic mass is 10.0. The van der Waals surface area contributed by atoms with E-state index in [1.165, 1.54) is 4.31 Å². The average molecular weight is 491 g/mol. The fourth-order valence-corrected chi connectivity index (χ4v) is 5.11. The van der Waals surface area contributed by atoms with Gasteiger partial charge in [0.05, 0.1) is 17.0 Å². The Kier molecular flexibility index (Phi) is 9.67. The molecule has 2 rings (SSSR count). The number of aliphatic hydroxyl groups is 1. The summed E-state index contributed by atoms with van der Waals surface area (Å²) in [5.74, 6) is 0.0406. The molecule has 0 aliphatic heterocycles. The Hall–Kier alpha value is -2.42. The summed E-state index contributed by atoms with van der Waals surface area (Å²) < 4.78 is 33.5. The van der Waals surface area contributed by atoms with Crippen LogP contribution in [0, 0.1) is 12.8 Å². The van der Waals surface area contributed by atoms with Gasteiger partial charge in [0, 0.05) is 13.1 Å². The summed E-state index contributed by atoms with van der Waals surface area (Å²) in [7, 11) is -3.84. The quantitative estimate of drug-likeness (QED) is 0.522. The van der Waals surface area contributed by atoms with Gasteiger partial charge in [0.1, 0.15) is 5.60 Å². The first kappa shape index (κ1) is 27.8. The molecule has 0 aromatic heterocycles. The molecule has 1 amide bonds. The van der Waals surface area contributed by atoms with Crippen LogP contribution in [0.15, 0.2) is 59.5 Å². The third kappa shape index (κ3) is 8.74. The monoisotopic (exact) mass is 490 g/mol. The van der Waals surface area contributed by atoms with E-state index in [4.69, 9.17) is 4.74 Å². The highest BCUT2D eigenvalue weighted by Crippen LogP contribution is 2.20. The normalized spacial score (nSPS) is 14.1. The standard InChI is InChI=1S/C26H38N2O5S/c1-19(2)17-28(34(31,32)22-14-12-20(3)13-15-22)18-24(29)23(16-21-10-8-7-9-11-21)27-25(30)33-26(4,5)6/h7-15,19,23-24,29H,16-18H2,1-6H3,(H,27,30)/t23-,24+/m0/s1. The number of carbonyl (C=O) groups excluding carboxylic acids is 1. The van der Waals surface area contributed by atoms with E-state index in [2.05, 4.69) is 5.32 Å². The third-order valence-electron chi connectivity index (χ3n) is 5.08. The Balaban J connectivity index is 2.30. The van der Waals surface area contributed by atoms with Crippen LogP contribution in [0.1, 0.15) is 45.7 Å². The Morgan fingerprint density at radius 1 is 1.03 bits per heavy atom. The van der Waals surface area contributed by atoms with Crippen molar-refractivity contribution in [1.29, 1.82) is 0 Å². The van der Waals surface area contributed by atoms with Crippen LogP contribution in [-0.2, 0) is 21.2 Å². The number of ether oxygens (including phenoxy) is 1. The first-order valence-electron chi connectivity index (χ1n) is 11.6. The lowest BCUT2D eigenvalue weighted by molar-refractivity contribution is 0.0400. The molecule has 0 spiro atoms. The number of carbonyl (C=O) groups is 1. The molecule has 0 saturated carbocycles. The summed E-state index contributed by atoms with van der Waals surface area (Å²) in [4.78, 5) is 12.7. The number of alkyl carbamates (subject to hydrolysis) is 1. The number of aryl methyl sites for hydroxylation is 1. The number of benzene rings is 2. The molecule has 7 nitrogen and oxygen atoms in total. The van der Waals surface area contributed by atoms with Gasteiger partial charge in [-0.15, -0.1) is 0 Å². The van der Waals surface area contributed by atoms with Gasteiger partial charge in [-0.3, -0.25) is 0 Å². The van der Waals surface area contributed by atoms with Crippen LogP contribution in [-0.4, -0.2) is 54.8 Å². The predicted molar refractivity (Wildman–Crippen MR) is 134 cm³/mol. The van der Waals surface area contributed by atoms with E-state index in [9.17, 15) is 18.3 Å². The summed E-state index contributed by atoms with van der Waals surface area (Å²) in [5, 5.41) is 13.9. The SMILES string of the molecule is Cc1ccc(S(=O)(=O)N(CC(C)C)C[C@@H](O)[C@H](Cc2ccccc2)NC(=O)OC(C)(C)C)cc1. The fraction of sp³-hybridized carbons (Fsp3) is 0.500. The molecule has 8 heteroatoms. The highest BCUT2D eigenvalue weighted by atomic mass is 32.2. The largest absolute Gasteiger partial charge is 0.444 e. The Labute approximate surface area is 204 Å². The van der Waals surface area contributed by atoms with Crippen LogP contribution < -0.4 is 5.32 Å². The van der Waals surface area contributed by atoms with Crippen molar-refractivity contribution in [3.05, 3.63) is 65.7 Å². The maximum Gasteiger partial charge on any atom is 0.407 e. The van der Waals surface area contributed by atoms with Gasteiger partial charge in [0.2, 0.25) is 10.0 Å². The van der Waals surface area contributed by atoms with Crippen LogP contribution in [0.4, 0.5) is 4.79 Å². The van der Waals surface area contributed by atoms with Crippen molar-refractivity contribution in [2.24, 2.45) is 5.92 Å². The Morgan fingerprint density at radius 3 is 2.15 bits per heavy atom. The average Bonchev–Trinajstić information content (AvgIpc) is 2.72. The van der Waals surface area contributed by atoms with E-state index >= 15 is 0 Å². The predicted octanol–water partition coefficient (Wildman–Crippen LogP) is 4.14. The summed E-state index contributed by atoms with van der Waals surface area (Å²) in [6.07, 6.45) is -1.50. The van der Waals surface area contributed by atoms with Crippen molar-refractivity contribution in [3.63, 3.8) is 0 Å². The molecule has 0 saturated heterocycles. The number of rotatable bonds is 10. The Bertz CT molecular complexity index is 1020. The molecule has 0 aliphatic carbocycles. The first-order valence-corrected chi connectivity index (χ1v) is 13.0. The molecule has 0 radical (unpaired) electrons. The van der Waals surface area contributed by atoms with Gasteiger partial charge >= 0.3 is 6.09 Å². The van der Waals surface area contributed by atoms with E-state index in [1.807, 2.05) is 51.1 Å². The molecule has 0 heterocycles. The van der Waals surface area contributed by atoms with Gasteiger partial charge in [-0.1, -0.05) is 61.9 Å². The number of sulfonamides is 1. The van der Waals surface area contributed by atoms with Crippen molar-refractivity contribution in [2.75, 3.05) is 13.1 Å². The summed E-state index contributed by atoms with van der Waals surface area (Å²) in [6, 6.07) is 15.3. The van der Waals surface area contributed by atoms with E-state index in [-0.39, 0.29) is 23.9 Å². The van der Waals surface area contributed by atoms with Crippen LogP contribution in [0.5, 0.6) is 0 Å². The summed E-state index contributed by atoms with van der Waals surface area (Å²) in [6.45, 7) is 11.1. The highest BCUT2D eigenvalue weighted by Gasteiger charge is 2.32. The first-order chi connectivity index (χ1) is 15.8. The highest BCUT2D eigenvalue weighted by molar-refractivity contribution is 7.89. The van der Waals surface area contributed by atoms with Gasteiger partial charge in [0.15, 0.2) is 0 Å². The zero-order chi connectivity index (χ0) is 25.5. The number of nitrogens with zero attached hydrogens (tertiary/aromatic N) is 1. The maximum atomic E-state index is 13.4. The van der Waals surface area contributed by atoms with Crippen LogP contribution >= 0.6 is 0 Å². The van der Waals surface area contributed by atoms with Gasteiger partial charge < -0.3 is 15.2 Å². The molecule has 0 fully saturated rings. The maximum absolute atomic E-state index is 13.4. The van der Waals surface area contributed by atoms with E-state index in [1.54, 1.807) is 45.0 Å². The molecule has 34 heavy (non-hydrogen) atoms. The molecular formula is C26H38N2O5S. The number of hydrogen-bond acceptors (Lipinski definition) is 5. The fourth-order valence-electron chi connectivity index (χ4n) is 3.48. The molecule has 2 aromatic rings. The summed E-state index contributed by atoms with van der Waals surface area (Å²) >= 11 is 0. The second-order valence-corrected chi connectivity index (χ2v) is 12.0. The van der Waals surface area contributed by atoms with Gasteiger partial charge in [-0.2, -0.15) is 4.31 Å². The molecule has 2 aromatic carbocycles. The topological polar surface area (TPSA) is 95.9 Å². The van der Waals surface area contributed by atoms with Crippen LogP contribution in [0.25, 0.3) is 0 Å². The van der Waals surface area contributed by atoms with Crippen molar-refractivity contribution in [1.82, 2.24) is 9.62 Å². The third-order valence-corrected chi connectivity index (χ3v) is 6.93. The van der Waals surface area contributed by atoms with Crippen molar-refractivity contribution < 1.29 is 23.1 Å². The minimum atomic E-state index is -3.84. The number of hydrogen-bond donors (Lipinski definition) is 2. The number of aliphatic hydroxyl groups excluding tert-OH is 1. The summed E-state index contributed by atoms with van der Waals surface area (Å²) in [5.41, 5.74) is 1.16. The Morgan fingerprint density at radius 2 is 1.62 bits per heavy atom. The van der Waals surface area contributed by atoms with Crippen LogP contribution in [0.3, 0.4) is 0 Å². The zero-order valence-corrected chi connectivity index (χ0v) is 21.8. The van der Waals surface area contributed by atoms with Gasteiger partial charge in [-0.05, 0) is 57.7 Å². The van der Waals surface area contributed by atoms with Crippen molar-refractivity contribution >= 4 is 16.1 Å². The second-order valence-electron chi connectivity index (χ2n) is 10.0. The minimum absolute atomic E-state index is 0.0406. The number of nitrogens with one attached hydrogen (secondary N) is 1. The molecule has 0 unspecified atom stereocenters. The second kappa shape index (κ2) is 11.8. The smallest absolute Gasteiger partial charge is 0.407 e. The molecular weight excluding hydrogens is 452 g/mol. The molecule has 0 aliphatic rings. The van der Waals surface area contributed by atoms with Crippen molar-refractivity contribution in [3.8, 4) is 0 Å². The van der Waals surface area contributed by atoms with E-state index < -0.39 is 33.9 Å². The lowest BCUT2D eigenvalue weighted by Crippen LogP contribution is -2.51. The minimum Gasteiger partial charge on any atom is -0.444 e. The lowest BCUT2D eigenvalue weighted by Gasteiger charge is -2.31. The van der Waals surface area contributed by atoms with E-state index in [0.29, 0.717) is 6.42 Å².